The molecule has 0 bridgehead atoms. The Morgan fingerprint density at radius 1 is 1.19 bits per heavy atom. The van der Waals surface area contributed by atoms with E-state index in [1.54, 1.807) is 0 Å². The largest absolute Gasteiger partial charge is 0.315 e. The number of quaternary nitrogens is 1. The molecule has 0 N–H and O–H groups in total. The normalized spacial score (nSPS) is 12.8. The van der Waals surface area contributed by atoms with E-state index in [0.29, 0.717) is 0 Å². The molecule has 1 aromatic rings. The summed E-state index contributed by atoms with van der Waals surface area (Å²) >= 11 is 6.32. The zero-order chi connectivity index (χ0) is 15.9. The molecule has 1 rings (SSSR count). The van der Waals surface area contributed by atoms with E-state index in [9.17, 15) is 0 Å². The number of nitrogens with zero attached hydrogens (tertiary/aromatic N) is 1. The third-order valence-electron chi connectivity index (χ3n) is 3.02. The zero-order valence-electron chi connectivity index (χ0n) is 13.9. The molecular formula is C19H27ClN+. The van der Waals surface area contributed by atoms with Crippen LogP contribution in [0.2, 0.25) is 0 Å². The molecule has 0 aliphatic carbocycles. The molecule has 2 heteroatoms. The minimum atomic E-state index is 0.234. The smallest absolute Gasteiger partial charge is 0.141 e. The fraction of sp³-hybridized carbons (Fsp3) is 0.474. The van der Waals surface area contributed by atoms with Crippen LogP contribution < -0.4 is 0 Å². The highest BCUT2D eigenvalue weighted by atomic mass is 35.5. The van der Waals surface area contributed by atoms with E-state index < -0.39 is 0 Å². The maximum Gasteiger partial charge on any atom is 0.141 e. The molecule has 114 valence electrons. The zero-order valence-corrected chi connectivity index (χ0v) is 14.7. The quantitative estimate of drug-likeness (QED) is 0.560. The number of likely N-dealkylation sites (N-methyl/N-ethyl adjacent to an activating group) is 1. The fourth-order valence-corrected chi connectivity index (χ4v) is 2.34. The molecule has 0 radical (unpaired) electrons. The van der Waals surface area contributed by atoms with Crippen LogP contribution in [0, 0.1) is 17.3 Å². The highest BCUT2D eigenvalue weighted by Gasteiger charge is 2.15. The molecule has 0 unspecified atom stereocenters. The standard InChI is InChI=1S/C19H27ClN/c1-19(2,3)16-18(20)13-15-21(4,5)14-9-12-17-10-7-6-8-11-17/h6-8,10-11,13H,14-16H2,1-5H3/q+1/b18-13-. The van der Waals surface area contributed by atoms with Crippen molar-refractivity contribution in [1.29, 1.82) is 0 Å². The van der Waals surface area contributed by atoms with Crippen LogP contribution in [0.25, 0.3) is 0 Å². The first-order valence-corrected chi connectivity index (χ1v) is 7.76. The second kappa shape index (κ2) is 7.69. The number of benzene rings is 1. The van der Waals surface area contributed by atoms with Crippen molar-refractivity contribution in [3.63, 3.8) is 0 Å². The van der Waals surface area contributed by atoms with E-state index in [1.807, 2.05) is 30.3 Å². The number of hydrogen-bond donors (Lipinski definition) is 0. The Bertz CT molecular complexity index is 524. The second-order valence-corrected chi connectivity index (χ2v) is 7.82. The van der Waals surface area contributed by atoms with E-state index in [-0.39, 0.29) is 5.41 Å². The Balaban J connectivity index is 2.55. The molecule has 0 heterocycles. The van der Waals surface area contributed by atoms with Gasteiger partial charge in [0.1, 0.15) is 6.54 Å². The third kappa shape index (κ3) is 8.60. The monoisotopic (exact) mass is 304 g/mol. The highest BCUT2D eigenvalue weighted by Crippen LogP contribution is 2.26. The second-order valence-electron chi connectivity index (χ2n) is 7.33. The van der Waals surface area contributed by atoms with Crippen LogP contribution in [0.1, 0.15) is 32.8 Å². The van der Waals surface area contributed by atoms with Crippen molar-refractivity contribution < 1.29 is 4.48 Å². The summed E-state index contributed by atoms with van der Waals surface area (Å²) in [7, 11) is 4.36. The average Bonchev–Trinajstić information content (AvgIpc) is 2.36. The molecular weight excluding hydrogens is 278 g/mol. The fourth-order valence-electron chi connectivity index (χ4n) is 1.87. The Kier molecular flexibility index (Phi) is 6.52. The van der Waals surface area contributed by atoms with Gasteiger partial charge in [0.25, 0.3) is 0 Å². The first-order chi connectivity index (χ1) is 9.68. The third-order valence-corrected chi connectivity index (χ3v) is 3.31. The van der Waals surface area contributed by atoms with Crippen LogP contribution in [-0.4, -0.2) is 31.7 Å². The predicted molar refractivity (Wildman–Crippen MR) is 93.2 cm³/mol. The van der Waals surface area contributed by atoms with Gasteiger partial charge in [-0.15, -0.1) is 0 Å². The summed E-state index contributed by atoms with van der Waals surface area (Å²) in [6.45, 7) is 8.32. The summed E-state index contributed by atoms with van der Waals surface area (Å²) < 4.78 is 0.820. The molecule has 1 aromatic carbocycles. The average molecular weight is 305 g/mol. The van der Waals surface area contributed by atoms with Crippen LogP contribution in [-0.2, 0) is 0 Å². The molecule has 1 nitrogen and oxygen atoms in total. The summed E-state index contributed by atoms with van der Waals surface area (Å²) in [5, 5.41) is 0.949. The molecule has 0 fully saturated rings. The number of halogens is 1. The van der Waals surface area contributed by atoms with Gasteiger partial charge in [-0.25, -0.2) is 0 Å². The van der Waals surface area contributed by atoms with Crippen LogP contribution >= 0.6 is 11.6 Å². The van der Waals surface area contributed by atoms with Crippen LogP contribution in [0.3, 0.4) is 0 Å². The summed E-state index contributed by atoms with van der Waals surface area (Å²) in [6, 6.07) is 10.1. The molecule has 0 aliphatic rings. The lowest BCUT2D eigenvalue weighted by atomic mass is 9.92. The number of allylic oxidation sites excluding steroid dienone is 1. The Morgan fingerprint density at radius 2 is 1.81 bits per heavy atom. The summed E-state index contributed by atoms with van der Waals surface area (Å²) in [6.07, 6.45) is 3.06. The van der Waals surface area contributed by atoms with Gasteiger partial charge in [0.05, 0.1) is 20.6 Å². The molecule has 0 amide bonds. The van der Waals surface area contributed by atoms with E-state index in [2.05, 4.69) is 52.8 Å². The van der Waals surface area contributed by atoms with Gasteiger partial charge < -0.3 is 4.48 Å². The number of hydrogen-bond acceptors (Lipinski definition) is 0. The van der Waals surface area contributed by atoms with Crippen molar-refractivity contribution in [1.82, 2.24) is 0 Å². The van der Waals surface area contributed by atoms with Gasteiger partial charge in [0, 0.05) is 10.6 Å². The van der Waals surface area contributed by atoms with Crippen molar-refractivity contribution in [2.75, 3.05) is 27.2 Å². The molecule has 0 saturated heterocycles. The van der Waals surface area contributed by atoms with Gasteiger partial charge in [-0.05, 0) is 36.0 Å². The first kappa shape index (κ1) is 17.8. The lowest BCUT2D eigenvalue weighted by Gasteiger charge is -2.26. The minimum Gasteiger partial charge on any atom is -0.315 e. The van der Waals surface area contributed by atoms with Gasteiger partial charge >= 0.3 is 0 Å². The van der Waals surface area contributed by atoms with E-state index in [1.165, 1.54) is 0 Å². The molecule has 0 saturated carbocycles. The molecule has 0 aromatic heterocycles. The SMILES string of the molecule is CC(C)(C)C/C(Cl)=C/C[N+](C)(C)CC#Cc1ccccc1. The lowest BCUT2D eigenvalue weighted by Crippen LogP contribution is -2.40. The Hall–Kier alpha value is -1.23. The molecule has 0 aliphatic heterocycles. The van der Waals surface area contributed by atoms with Crippen molar-refractivity contribution >= 4 is 11.6 Å². The van der Waals surface area contributed by atoms with E-state index >= 15 is 0 Å². The lowest BCUT2D eigenvalue weighted by molar-refractivity contribution is -0.877. The van der Waals surface area contributed by atoms with Crippen molar-refractivity contribution in [2.45, 2.75) is 27.2 Å². The van der Waals surface area contributed by atoms with Crippen molar-refractivity contribution in [2.24, 2.45) is 5.41 Å². The Labute approximate surface area is 135 Å². The van der Waals surface area contributed by atoms with Gasteiger partial charge in [0.2, 0.25) is 0 Å². The van der Waals surface area contributed by atoms with Gasteiger partial charge in [0.15, 0.2) is 0 Å². The Morgan fingerprint density at radius 3 is 2.38 bits per heavy atom. The molecule has 0 atom stereocenters. The summed E-state index contributed by atoms with van der Waals surface area (Å²) in [5.41, 5.74) is 1.30. The predicted octanol–water partition coefficient (Wildman–Crippen LogP) is 4.67. The molecule has 0 spiro atoms. The van der Waals surface area contributed by atoms with Gasteiger partial charge in [-0.3, -0.25) is 0 Å². The first-order valence-electron chi connectivity index (χ1n) is 7.38. The topological polar surface area (TPSA) is 0 Å². The maximum atomic E-state index is 6.32. The van der Waals surface area contributed by atoms with E-state index in [0.717, 1.165) is 34.6 Å². The summed E-state index contributed by atoms with van der Waals surface area (Å²) in [5.74, 6) is 6.47. The maximum absolute atomic E-state index is 6.32. The number of rotatable bonds is 4. The van der Waals surface area contributed by atoms with Crippen molar-refractivity contribution in [3.8, 4) is 11.8 Å². The van der Waals surface area contributed by atoms with Gasteiger partial charge in [-0.2, -0.15) is 0 Å². The minimum absolute atomic E-state index is 0.234. The molecule has 21 heavy (non-hydrogen) atoms. The summed E-state index contributed by atoms with van der Waals surface area (Å²) in [4.78, 5) is 0. The van der Waals surface area contributed by atoms with Crippen molar-refractivity contribution in [3.05, 3.63) is 47.0 Å². The highest BCUT2D eigenvalue weighted by molar-refractivity contribution is 6.29. The van der Waals surface area contributed by atoms with Crippen LogP contribution in [0.4, 0.5) is 0 Å². The van der Waals surface area contributed by atoms with Crippen LogP contribution in [0.15, 0.2) is 41.4 Å². The van der Waals surface area contributed by atoms with Gasteiger partial charge in [-0.1, -0.05) is 56.5 Å². The van der Waals surface area contributed by atoms with Crippen LogP contribution in [0.5, 0.6) is 0 Å². The van der Waals surface area contributed by atoms with E-state index in [4.69, 9.17) is 11.6 Å².